The van der Waals surface area contributed by atoms with Crippen LogP contribution in [0.2, 0.25) is 0 Å². The number of nitrogens with zero attached hydrogens (tertiary/aromatic N) is 2. The molecule has 21 heavy (non-hydrogen) atoms. The lowest BCUT2D eigenvalue weighted by Gasteiger charge is -2.12. The maximum Gasteiger partial charge on any atom is 0.168 e. The third kappa shape index (κ3) is 3.94. The van der Waals surface area contributed by atoms with Crippen molar-refractivity contribution in [1.82, 2.24) is 9.97 Å². The van der Waals surface area contributed by atoms with E-state index in [0.29, 0.717) is 12.4 Å². The zero-order valence-corrected chi connectivity index (χ0v) is 13.4. The van der Waals surface area contributed by atoms with Crippen molar-refractivity contribution in [3.05, 3.63) is 46.4 Å². The molecule has 0 aliphatic heterocycles. The van der Waals surface area contributed by atoms with Gasteiger partial charge in [-0.3, -0.25) is 0 Å². The molecule has 0 bridgehead atoms. The number of hydrogen-bond donors (Lipinski definition) is 1. The fourth-order valence-electron chi connectivity index (χ4n) is 2.26. The molecule has 4 nitrogen and oxygen atoms in total. The first-order valence-electron chi connectivity index (χ1n) is 7.28. The summed E-state index contributed by atoms with van der Waals surface area (Å²) in [6, 6.07) is 6.16. The van der Waals surface area contributed by atoms with Crippen LogP contribution in [0.1, 0.15) is 35.1 Å². The van der Waals surface area contributed by atoms with Gasteiger partial charge in [-0.2, -0.15) is 0 Å². The summed E-state index contributed by atoms with van der Waals surface area (Å²) in [6.07, 6.45) is 0. The summed E-state index contributed by atoms with van der Waals surface area (Å²) in [4.78, 5) is 8.90. The van der Waals surface area contributed by atoms with Crippen LogP contribution in [0.15, 0.2) is 18.2 Å². The van der Waals surface area contributed by atoms with E-state index in [2.05, 4.69) is 48.2 Å². The van der Waals surface area contributed by atoms with Gasteiger partial charge in [-0.25, -0.2) is 9.97 Å². The standard InChI is InChI=1S/C17H23N3O/c1-6-18-16-9-13(4)19-17(20-16)10-21-15-8-11(2)7-12(3)14(15)5/h7-9H,6,10H2,1-5H3,(H,18,19,20). The van der Waals surface area contributed by atoms with Gasteiger partial charge in [0.1, 0.15) is 18.2 Å². The Morgan fingerprint density at radius 3 is 2.52 bits per heavy atom. The average molecular weight is 285 g/mol. The number of nitrogens with one attached hydrogen (secondary N) is 1. The van der Waals surface area contributed by atoms with Gasteiger partial charge in [-0.05, 0) is 57.4 Å². The molecular weight excluding hydrogens is 262 g/mol. The number of rotatable bonds is 5. The Morgan fingerprint density at radius 1 is 1.05 bits per heavy atom. The van der Waals surface area contributed by atoms with Crippen LogP contribution in [0, 0.1) is 27.7 Å². The van der Waals surface area contributed by atoms with Gasteiger partial charge in [0.15, 0.2) is 5.82 Å². The predicted octanol–water partition coefficient (Wildman–Crippen LogP) is 3.72. The molecule has 1 aromatic heterocycles. The quantitative estimate of drug-likeness (QED) is 0.909. The van der Waals surface area contributed by atoms with Crippen molar-refractivity contribution in [2.75, 3.05) is 11.9 Å². The summed E-state index contributed by atoms with van der Waals surface area (Å²) in [5, 5.41) is 3.21. The second-order valence-electron chi connectivity index (χ2n) is 5.33. The Balaban J connectivity index is 2.16. The van der Waals surface area contributed by atoms with Gasteiger partial charge < -0.3 is 10.1 Å². The second kappa shape index (κ2) is 6.57. The van der Waals surface area contributed by atoms with Gasteiger partial charge >= 0.3 is 0 Å². The summed E-state index contributed by atoms with van der Waals surface area (Å²) in [5.41, 5.74) is 4.55. The molecule has 0 unspecified atom stereocenters. The SMILES string of the molecule is CCNc1cc(C)nc(COc2cc(C)cc(C)c2C)n1. The molecule has 0 radical (unpaired) electrons. The first-order valence-corrected chi connectivity index (χ1v) is 7.28. The van der Waals surface area contributed by atoms with Crippen molar-refractivity contribution in [2.24, 2.45) is 0 Å². The van der Waals surface area contributed by atoms with Gasteiger partial charge in [-0.1, -0.05) is 6.07 Å². The molecule has 0 saturated carbocycles. The largest absolute Gasteiger partial charge is 0.485 e. The van der Waals surface area contributed by atoms with Crippen LogP contribution in [0.3, 0.4) is 0 Å². The summed E-state index contributed by atoms with van der Waals surface area (Å²) in [6.45, 7) is 11.5. The minimum absolute atomic E-state index is 0.379. The number of aromatic nitrogens is 2. The maximum absolute atomic E-state index is 5.92. The molecule has 2 aromatic rings. The zero-order chi connectivity index (χ0) is 15.4. The monoisotopic (exact) mass is 285 g/mol. The number of anilines is 1. The average Bonchev–Trinajstić information content (AvgIpc) is 2.41. The number of benzene rings is 1. The molecule has 1 N–H and O–H groups in total. The van der Waals surface area contributed by atoms with Gasteiger partial charge in [0.2, 0.25) is 0 Å². The van der Waals surface area contributed by atoms with E-state index in [1.807, 2.05) is 19.9 Å². The molecule has 2 rings (SSSR count). The second-order valence-corrected chi connectivity index (χ2v) is 5.33. The van der Waals surface area contributed by atoms with Crippen molar-refractivity contribution in [3.8, 4) is 5.75 Å². The summed E-state index contributed by atoms with van der Waals surface area (Å²) >= 11 is 0. The molecule has 0 aliphatic rings. The van der Waals surface area contributed by atoms with Crippen LogP contribution >= 0.6 is 0 Å². The molecule has 0 saturated heterocycles. The van der Waals surface area contributed by atoms with E-state index < -0.39 is 0 Å². The molecule has 0 aliphatic carbocycles. The fourth-order valence-corrected chi connectivity index (χ4v) is 2.26. The van der Waals surface area contributed by atoms with E-state index in [1.54, 1.807) is 0 Å². The third-order valence-corrected chi connectivity index (χ3v) is 3.38. The molecule has 0 spiro atoms. The molecule has 1 heterocycles. The first kappa shape index (κ1) is 15.3. The Bertz CT molecular complexity index is 638. The van der Waals surface area contributed by atoms with Crippen LogP contribution in [-0.2, 0) is 6.61 Å². The van der Waals surface area contributed by atoms with Crippen molar-refractivity contribution in [1.29, 1.82) is 0 Å². The summed E-state index contributed by atoms with van der Waals surface area (Å²) in [5.74, 6) is 2.45. The van der Waals surface area contributed by atoms with Crippen molar-refractivity contribution < 1.29 is 4.74 Å². The molecule has 0 fully saturated rings. The molecular formula is C17H23N3O. The molecule has 0 amide bonds. The van der Waals surface area contributed by atoms with Gasteiger partial charge in [-0.15, -0.1) is 0 Å². The van der Waals surface area contributed by atoms with E-state index >= 15 is 0 Å². The van der Waals surface area contributed by atoms with E-state index in [1.165, 1.54) is 16.7 Å². The van der Waals surface area contributed by atoms with Gasteiger partial charge in [0.25, 0.3) is 0 Å². The first-order chi connectivity index (χ1) is 9.99. The predicted molar refractivity (Wildman–Crippen MR) is 85.9 cm³/mol. The minimum atomic E-state index is 0.379. The highest BCUT2D eigenvalue weighted by molar-refractivity contribution is 5.42. The molecule has 0 atom stereocenters. The molecule has 4 heteroatoms. The Kier molecular flexibility index (Phi) is 4.78. The summed E-state index contributed by atoms with van der Waals surface area (Å²) < 4.78 is 5.92. The van der Waals surface area contributed by atoms with E-state index in [-0.39, 0.29) is 0 Å². The third-order valence-electron chi connectivity index (χ3n) is 3.38. The highest BCUT2D eigenvalue weighted by Crippen LogP contribution is 2.24. The Labute approximate surface area is 126 Å². The van der Waals surface area contributed by atoms with E-state index in [0.717, 1.165) is 23.8 Å². The lowest BCUT2D eigenvalue weighted by Crippen LogP contribution is -2.08. The van der Waals surface area contributed by atoms with Crippen LogP contribution in [0.25, 0.3) is 0 Å². The van der Waals surface area contributed by atoms with Crippen LogP contribution < -0.4 is 10.1 Å². The number of aryl methyl sites for hydroxylation is 3. The van der Waals surface area contributed by atoms with E-state index in [4.69, 9.17) is 4.74 Å². The van der Waals surface area contributed by atoms with Crippen molar-refractivity contribution in [3.63, 3.8) is 0 Å². The molecule has 112 valence electrons. The Hall–Kier alpha value is -2.10. The smallest absolute Gasteiger partial charge is 0.168 e. The summed E-state index contributed by atoms with van der Waals surface area (Å²) in [7, 11) is 0. The normalized spacial score (nSPS) is 10.5. The zero-order valence-electron chi connectivity index (χ0n) is 13.4. The highest BCUT2D eigenvalue weighted by Gasteiger charge is 2.07. The van der Waals surface area contributed by atoms with E-state index in [9.17, 15) is 0 Å². The van der Waals surface area contributed by atoms with Gasteiger partial charge in [0, 0.05) is 18.3 Å². The fraction of sp³-hybridized carbons (Fsp3) is 0.412. The highest BCUT2D eigenvalue weighted by atomic mass is 16.5. The lowest BCUT2D eigenvalue weighted by atomic mass is 10.1. The van der Waals surface area contributed by atoms with Crippen LogP contribution in [0.5, 0.6) is 5.75 Å². The van der Waals surface area contributed by atoms with Crippen molar-refractivity contribution >= 4 is 5.82 Å². The molecule has 1 aromatic carbocycles. The minimum Gasteiger partial charge on any atom is -0.485 e. The maximum atomic E-state index is 5.92. The number of hydrogen-bond acceptors (Lipinski definition) is 4. The van der Waals surface area contributed by atoms with Crippen LogP contribution in [-0.4, -0.2) is 16.5 Å². The topological polar surface area (TPSA) is 47.0 Å². The number of ether oxygens (including phenoxy) is 1. The lowest BCUT2D eigenvalue weighted by molar-refractivity contribution is 0.293. The van der Waals surface area contributed by atoms with Gasteiger partial charge in [0.05, 0.1) is 0 Å². The van der Waals surface area contributed by atoms with Crippen LogP contribution in [0.4, 0.5) is 5.82 Å². The van der Waals surface area contributed by atoms with Crippen molar-refractivity contribution in [2.45, 2.75) is 41.2 Å². The Morgan fingerprint density at radius 2 is 1.81 bits per heavy atom.